The lowest BCUT2D eigenvalue weighted by atomic mass is 10.2. The molecule has 17 heavy (non-hydrogen) atoms. The molecule has 0 spiro atoms. The minimum atomic E-state index is 0.616. The molecule has 2 heterocycles. The number of rotatable bonds is 2. The van der Waals surface area contributed by atoms with E-state index in [1.807, 2.05) is 38.6 Å². The number of hydrogen-bond donors (Lipinski definition) is 1. The van der Waals surface area contributed by atoms with Crippen molar-refractivity contribution in [2.45, 2.75) is 27.7 Å². The summed E-state index contributed by atoms with van der Waals surface area (Å²) < 4.78 is 1.86. The molecule has 2 aromatic rings. The molecule has 0 aliphatic carbocycles. The molecule has 5 heteroatoms. The van der Waals surface area contributed by atoms with Crippen molar-refractivity contribution in [3.8, 4) is 5.82 Å². The summed E-state index contributed by atoms with van der Waals surface area (Å²) in [4.78, 5) is 8.69. The molecule has 0 aliphatic heterocycles. The molecule has 0 saturated heterocycles. The van der Waals surface area contributed by atoms with E-state index in [0.717, 1.165) is 22.9 Å². The Kier molecular flexibility index (Phi) is 2.83. The second-order valence-electron chi connectivity index (χ2n) is 4.15. The fourth-order valence-electron chi connectivity index (χ4n) is 1.72. The highest BCUT2D eigenvalue weighted by molar-refractivity contribution is 5.37. The zero-order valence-corrected chi connectivity index (χ0v) is 10.9. The van der Waals surface area contributed by atoms with E-state index in [1.165, 1.54) is 5.56 Å². The highest BCUT2D eigenvalue weighted by Gasteiger charge is 2.11. The van der Waals surface area contributed by atoms with Crippen molar-refractivity contribution in [1.29, 1.82) is 0 Å². The molecule has 0 unspecified atom stereocenters. The maximum absolute atomic E-state index is 4.50. The summed E-state index contributed by atoms with van der Waals surface area (Å²) in [7, 11) is 1.81. The molecule has 90 valence electrons. The Morgan fingerprint density at radius 3 is 2.35 bits per heavy atom. The Hall–Kier alpha value is -1.91. The average molecular weight is 231 g/mol. The molecule has 0 atom stereocenters. The van der Waals surface area contributed by atoms with Gasteiger partial charge < -0.3 is 5.32 Å². The van der Waals surface area contributed by atoms with Crippen LogP contribution >= 0.6 is 0 Å². The van der Waals surface area contributed by atoms with Crippen LogP contribution in [-0.2, 0) is 0 Å². The maximum atomic E-state index is 4.50. The van der Waals surface area contributed by atoms with Gasteiger partial charge in [-0.15, -0.1) is 0 Å². The Bertz CT molecular complexity index is 556. The Labute approximate surface area is 101 Å². The minimum absolute atomic E-state index is 0.616. The van der Waals surface area contributed by atoms with E-state index in [9.17, 15) is 0 Å². The van der Waals surface area contributed by atoms with Crippen LogP contribution in [0.25, 0.3) is 5.82 Å². The average Bonchev–Trinajstić information content (AvgIpc) is 2.56. The third kappa shape index (κ3) is 2.00. The van der Waals surface area contributed by atoms with Gasteiger partial charge in [-0.2, -0.15) is 10.1 Å². The first-order valence-electron chi connectivity index (χ1n) is 5.59. The molecule has 1 N–H and O–H groups in total. The normalized spacial score (nSPS) is 10.6. The molecule has 0 saturated carbocycles. The Morgan fingerprint density at radius 2 is 1.82 bits per heavy atom. The SMILES string of the molecule is CNc1nc(C)cc(-n2nc(C)c(C)c2C)n1. The molecule has 2 aromatic heterocycles. The van der Waals surface area contributed by atoms with Crippen molar-refractivity contribution in [2.24, 2.45) is 0 Å². The van der Waals surface area contributed by atoms with Crippen molar-refractivity contribution >= 4 is 5.95 Å². The molecule has 5 nitrogen and oxygen atoms in total. The standard InChI is InChI=1S/C12H17N5/c1-7-6-11(15-12(13-5)14-7)17-10(4)8(2)9(3)16-17/h6H,1-5H3,(H,13,14,15). The van der Waals surface area contributed by atoms with Crippen molar-refractivity contribution < 1.29 is 0 Å². The Balaban J connectivity index is 2.59. The Morgan fingerprint density at radius 1 is 1.12 bits per heavy atom. The molecule has 2 rings (SSSR count). The van der Waals surface area contributed by atoms with Gasteiger partial charge in [0.15, 0.2) is 5.82 Å². The number of aryl methyl sites for hydroxylation is 2. The van der Waals surface area contributed by atoms with Crippen LogP contribution in [0.15, 0.2) is 6.07 Å². The second-order valence-corrected chi connectivity index (χ2v) is 4.15. The minimum Gasteiger partial charge on any atom is -0.357 e. The van der Waals surface area contributed by atoms with E-state index < -0.39 is 0 Å². The maximum Gasteiger partial charge on any atom is 0.224 e. The number of hydrogen-bond acceptors (Lipinski definition) is 4. The van der Waals surface area contributed by atoms with Gasteiger partial charge in [0.25, 0.3) is 0 Å². The van der Waals surface area contributed by atoms with Gasteiger partial charge in [0.1, 0.15) is 0 Å². The smallest absolute Gasteiger partial charge is 0.224 e. The molecule has 0 radical (unpaired) electrons. The molecule has 0 amide bonds. The van der Waals surface area contributed by atoms with E-state index in [1.54, 1.807) is 0 Å². The molecule has 0 aromatic carbocycles. The van der Waals surface area contributed by atoms with Crippen LogP contribution in [0.5, 0.6) is 0 Å². The summed E-state index contributed by atoms with van der Waals surface area (Å²) in [6.45, 7) is 8.07. The van der Waals surface area contributed by atoms with Crippen molar-refractivity contribution in [3.05, 3.63) is 28.7 Å². The largest absolute Gasteiger partial charge is 0.357 e. The van der Waals surface area contributed by atoms with E-state index in [4.69, 9.17) is 0 Å². The van der Waals surface area contributed by atoms with Crippen molar-refractivity contribution in [3.63, 3.8) is 0 Å². The van der Waals surface area contributed by atoms with E-state index >= 15 is 0 Å². The molecule has 0 aliphatic rings. The molecule has 0 bridgehead atoms. The van der Waals surface area contributed by atoms with Crippen molar-refractivity contribution in [2.75, 3.05) is 12.4 Å². The van der Waals surface area contributed by atoms with E-state index in [0.29, 0.717) is 5.95 Å². The molecular formula is C12H17N5. The molecule has 0 fully saturated rings. The highest BCUT2D eigenvalue weighted by atomic mass is 15.3. The summed E-state index contributed by atoms with van der Waals surface area (Å²) in [5.41, 5.74) is 4.27. The third-order valence-corrected chi connectivity index (χ3v) is 2.93. The number of anilines is 1. The van der Waals surface area contributed by atoms with Crippen LogP contribution in [0.2, 0.25) is 0 Å². The van der Waals surface area contributed by atoms with Gasteiger partial charge in [-0.25, -0.2) is 9.67 Å². The van der Waals surface area contributed by atoms with Gasteiger partial charge >= 0.3 is 0 Å². The van der Waals surface area contributed by atoms with E-state index in [2.05, 4.69) is 27.3 Å². The fourth-order valence-corrected chi connectivity index (χ4v) is 1.72. The second kappa shape index (κ2) is 4.16. The number of aromatic nitrogens is 4. The first-order chi connectivity index (χ1) is 8.02. The number of nitrogens with one attached hydrogen (secondary N) is 1. The van der Waals surface area contributed by atoms with Gasteiger partial charge in [0, 0.05) is 24.5 Å². The van der Waals surface area contributed by atoms with Gasteiger partial charge in [0.2, 0.25) is 5.95 Å². The molecular weight excluding hydrogens is 214 g/mol. The highest BCUT2D eigenvalue weighted by Crippen LogP contribution is 2.16. The van der Waals surface area contributed by atoms with Gasteiger partial charge in [-0.05, 0) is 33.3 Å². The zero-order valence-electron chi connectivity index (χ0n) is 10.9. The summed E-state index contributed by atoms with van der Waals surface area (Å²) in [6, 6.07) is 1.93. The van der Waals surface area contributed by atoms with Crippen molar-refractivity contribution in [1.82, 2.24) is 19.7 Å². The third-order valence-electron chi connectivity index (χ3n) is 2.93. The predicted molar refractivity (Wildman–Crippen MR) is 67.6 cm³/mol. The van der Waals surface area contributed by atoms with Crippen LogP contribution < -0.4 is 5.32 Å². The van der Waals surface area contributed by atoms with Gasteiger partial charge in [0.05, 0.1) is 5.69 Å². The summed E-state index contributed by atoms with van der Waals surface area (Å²) >= 11 is 0. The van der Waals surface area contributed by atoms with Crippen LogP contribution in [0, 0.1) is 27.7 Å². The fraction of sp³-hybridized carbons (Fsp3) is 0.417. The topological polar surface area (TPSA) is 55.6 Å². The quantitative estimate of drug-likeness (QED) is 0.858. The summed E-state index contributed by atoms with van der Waals surface area (Å²) in [5.74, 6) is 1.42. The van der Waals surface area contributed by atoms with E-state index in [-0.39, 0.29) is 0 Å². The van der Waals surface area contributed by atoms with Crippen LogP contribution in [-0.4, -0.2) is 26.8 Å². The monoisotopic (exact) mass is 231 g/mol. The lowest BCUT2D eigenvalue weighted by molar-refractivity contribution is 0.798. The lowest BCUT2D eigenvalue weighted by Gasteiger charge is -2.07. The van der Waals surface area contributed by atoms with Crippen LogP contribution in [0.4, 0.5) is 5.95 Å². The van der Waals surface area contributed by atoms with Gasteiger partial charge in [-0.1, -0.05) is 0 Å². The van der Waals surface area contributed by atoms with Crippen LogP contribution in [0.3, 0.4) is 0 Å². The first kappa shape index (κ1) is 11.6. The summed E-state index contributed by atoms with van der Waals surface area (Å²) in [5, 5.41) is 7.45. The number of nitrogens with zero attached hydrogens (tertiary/aromatic N) is 4. The van der Waals surface area contributed by atoms with Gasteiger partial charge in [-0.3, -0.25) is 0 Å². The zero-order chi connectivity index (χ0) is 12.6. The first-order valence-corrected chi connectivity index (χ1v) is 5.59. The predicted octanol–water partition coefficient (Wildman–Crippen LogP) is 1.94. The summed E-state index contributed by atoms with van der Waals surface area (Å²) in [6.07, 6.45) is 0. The lowest BCUT2D eigenvalue weighted by Crippen LogP contribution is -2.06. The van der Waals surface area contributed by atoms with Crippen LogP contribution in [0.1, 0.15) is 22.6 Å².